The van der Waals surface area contributed by atoms with E-state index in [1.807, 2.05) is 6.07 Å². The van der Waals surface area contributed by atoms with E-state index in [0.717, 1.165) is 26.1 Å². The first-order chi connectivity index (χ1) is 5.83. The van der Waals surface area contributed by atoms with Crippen LogP contribution in [0.4, 0.5) is 0 Å². The zero-order valence-electron chi connectivity index (χ0n) is 7.25. The highest BCUT2D eigenvalue weighted by molar-refractivity contribution is 5.06. The van der Waals surface area contributed by atoms with E-state index in [4.69, 9.17) is 14.7 Å². The zero-order chi connectivity index (χ0) is 8.81. The molecule has 0 aromatic heterocycles. The Bertz CT molecular complexity index is 199. The molecule has 1 saturated heterocycles. The molecular weight excluding hydrogens is 154 g/mol. The summed E-state index contributed by atoms with van der Waals surface area (Å²) in [5, 5.41) is 8.34. The third kappa shape index (κ3) is 2.93. The van der Waals surface area contributed by atoms with Crippen LogP contribution in [0, 0.1) is 11.3 Å². The molecule has 1 heterocycles. The van der Waals surface area contributed by atoms with Gasteiger partial charge in [0.1, 0.15) is 11.9 Å². The summed E-state index contributed by atoms with van der Waals surface area (Å²) in [5.41, 5.74) is 0. The van der Waals surface area contributed by atoms with E-state index in [1.165, 1.54) is 6.08 Å². The summed E-state index contributed by atoms with van der Waals surface area (Å²) >= 11 is 0. The smallest absolute Gasteiger partial charge is 0.104 e. The molecule has 0 amide bonds. The summed E-state index contributed by atoms with van der Waals surface area (Å²) < 4.78 is 10.7. The molecule has 1 aliphatic heterocycles. The predicted octanol–water partition coefficient (Wildman–Crippen LogP) is 1.61. The lowest BCUT2D eigenvalue weighted by atomic mass is 10.1. The molecule has 0 radical (unpaired) electrons. The lowest BCUT2D eigenvalue weighted by Crippen LogP contribution is -2.22. The van der Waals surface area contributed by atoms with E-state index in [2.05, 4.69) is 0 Å². The standard InChI is InChI=1S/C9H13NO2/c1-8(2-5-10)12-9-3-6-11-7-4-9/h2,9H,3-4,6-7H2,1H3/b8-2-. The number of nitrogens with zero attached hydrogens (tertiary/aromatic N) is 1. The Morgan fingerprint density at radius 1 is 1.58 bits per heavy atom. The highest BCUT2D eigenvalue weighted by Gasteiger charge is 2.14. The fraction of sp³-hybridized carbons (Fsp3) is 0.667. The van der Waals surface area contributed by atoms with Gasteiger partial charge >= 0.3 is 0 Å². The van der Waals surface area contributed by atoms with Crippen molar-refractivity contribution >= 4 is 0 Å². The van der Waals surface area contributed by atoms with E-state index >= 15 is 0 Å². The minimum Gasteiger partial charge on any atom is -0.494 e. The Hall–Kier alpha value is -1.01. The number of allylic oxidation sites excluding steroid dienone is 2. The van der Waals surface area contributed by atoms with E-state index in [-0.39, 0.29) is 6.10 Å². The van der Waals surface area contributed by atoms with Gasteiger partial charge in [0.05, 0.1) is 25.4 Å². The number of ether oxygens (including phenoxy) is 2. The third-order valence-corrected chi connectivity index (χ3v) is 1.79. The lowest BCUT2D eigenvalue weighted by Gasteiger charge is -2.23. The van der Waals surface area contributed by atoms with E-state index < -0.39 is 0 Å². The van der Waals surface area contributed by atoms with Crippen molar-refractivity contribution in [2.24, 2.45) is 0 Å². The molecule has 1 fully saturated rings. The molecule has 0 aromatic carbocycles. The average Bonchev–Trinajstić information content (AvgIpc) is 2.06. The number of hydrogen-bond donors (Lipinski definition) is 0. The molecule has 66 valence electrons. The van der Waals surface area contributed by atoms with Crippen molar-refractivity contribution < 1.29 is 9.47 Å². The van der Waals surface area contributed by atoms with Gasteiger partial charge in [-0.2, -0.15) is 5.26 Å². The molecule has 12 heavy (non-hydrogen) atoms. The fourth-order valence-corrected chi connectivity index (χ4v) is 1.18. The zero-order valence-corrected chi connectivity index (χ0v) is 7.25. The van der Waals surface area contributed by atoms with Gasteiger partial charge in [-0.3, -0.25) is 0 Å². The van der Waals surface area contributed by atoms with E-state index in [0.29, 0.717) is 5.76 Å². The van der Waals surface area contributed by atoms with Crippen LogP contribution in [0.15, 0.2) is 11.8 Å². The van der Waals surface area contributed by atoms with Gasteiger partial charge in [0, 0.05) is 12.8 Å². The highest BCUT2D eigenvalue weighted by atomic mass is 16.5. The summed E-state index contributed by atoms with van der Waals surface area (Å²) in [4.78, 5) is 0. The molecule has 0 spiro atoms. The second-order valence-electron chi connectivity index (χ2n) is 2.81. The van der Waals surface area contributed by atoms with Gasteiger partial charge in [0.25, 0.3) is 0 Å². The number of hydrogen-bond acceptors (Lipinski definition) is 3. The van der Waals surface area contributed by atoms with Crippen LogP contribution in [-0.2, 0) is 9.47 Å². The molecule has 0 atom stereocenters. The molecule has 3 nitrogen and oxygen atoms in total. The van der Waals surface area contributed by atoms with Crippen molar-refractivity contribution in [1.29, 1.82) is 5.26 Å². The SMILES string of the molecule is C/C(=C/C#N)OC1CCOCC1. The predicted molar refractivity (Wildman–Crippen MR) is 44.3 cm³/mol. The summed E-state index contributed by atoms with van der Waals surface area (Å²) in [5.74, 6) is 0.699. The Kier molecular flexibility index (Phi) is 3.62. The van der Waals surface area contributed by atoms with Crippen molar-refractivity contribution in [2.45, 2.75) is 25.9 Å². The quantitative estimate of drug-likeness (QED) is 0.463. The van der Waals surface area contributed by atoms with Crippen LogP contribution >= 0.6 is 0 Å². The first-order valence-corrected chi connectivity index (χ1v) is 4.13. The molecule has 0 aromatic rings. The van der Waals surface area contributed by atoms with Crippen molar-refractivity contribution in [3.8, 4) is 6.07 Å². The Morgan fingerprint density at radius 2 is 2.25 bits per heavy atom. The lowest BCUT2D eigenvalue weighted by molar-refractivity contribution is -0.00331. The van der Waals surface area contributed by atoms with Crippen LogP contribution in [0.25, 0.3) is 0 Å². The number of rotatable bonds is 2. The van der Waals surface area contributed by atoms with Crippen molar-refractivity contribution in [1.82, 2.24) is 0 Å². The molecule has 0 N–H and O–H groups in total. The van der Waals surface area contributed by atoms with Crippen LogP contribution in [-0.4, -0.2) is 19.3 Å². The summed E-state index contributed by atoms with van der Waals surface area (Å²) in [6.45, 7) is 3.34. The largest absolute Gasteiger partial charge is 0.494 e. The van der Waals surface area contributed by atoms with Crippen molar-refractivity contribution in [2.75, 3.05) is 13.2 Å². The Balaban J connectivity index is 2.30. The minimum absolute atomic E-state index is 0.239. The molecule has 3 heteroatoms. The van der Waals surface area contributed by atoms with Crippen LogP contribution in [0.3, 0.4) is 0 Å². The van der Waals surface area contributed by atoms with Crippen LogP contribution in [0.5, 0.6) is 0 Å². The third-order valence-electron chi connectivity index (χ3n) is 1.79. The van der Waals surface area contributed by atoms with Gasteiger partial charge in [0.2, 0.25) is 0 Å². The molecule has 0 bridgehead atoms. The summed E-state index contributed by atoms with van der Waals surface area (Å²) in [6.07, 6.45) is 3.52. The molecule has 0 aliphatic carbocycles. The molecule has 0 unspecified atom stereocenters. The Labute approximate surface area is 72.6 Å². The van der Waals surface area contributed by atoms with E-state index in [1.54, 1.807) is 6.92 Å². The van der Waals surface area contributed by atoms with Crippen LogP contribution in [0.2, 0.25) is 0 Å². The van der Waals surface area contributed by atoms with Gasteiger partial charge in [-0.25, -0.2) is 0 Å². The molecular formula is C9H13NO2. The second kappa shape index (κ2) is 4.78. The van der Waals surface area contributed by atoms with Gasteiger partial charge in [-0.1, -0.05) is 0 Å². The molecule has 1 aliphatic rings. The minimum atomic E-state index is 0.239. The Morgan fingerprint density at radius 3 is 2.83 bits per heavy atom. The van der Waals surface area contributed by atoms with E-state index in [9.17, 15) is 0 Å². The second-order valence-corrected chi connectivity index (χ2v) is 2.81. The summed E-state index contributed by atoms with van der Waals surface area (Å²) in [6, 6.07) is 1.94. The first-order valence-electron chi connectivity index (χ1n) is 4.13. The maximum Gasteiger partial charge on any atom is 0.104 e. The van der Waals surface area contributed by atoms with Crippen molar-refractivity contribution in [3.05, 3.63) is 11.8 Å². The highest BCUT2D eigenvalue weighted by Crippen LogP contribution is 2.13. The fourth-order valence-electron chi connectivity index (χ4n) is 1.18. The van der Waals surface area contributed by atoms with Gasteiger partial charge < -0.3 is 9.47 Å². The first kappa shape index (κ1) is 9.08. The van der Waals surface area contributed by atoms with Crippen LogP contribution < -0.4 is 0 Å². The van der Waals surface area contributed by atoms with Gasteiger partial charge in [-0.15, -0.1) is 0 Å². The average molecular weight is 167 g/mol. The maximum absolute atomic E-state index is 8.34. The van der Waals surface area contributed by atoms with Crippen LogP contribution in [0.1, 0.15) is 19.8 Å². The van der Waals surface area contributed by atoms with Gasteiger partial charge in [-0.05, 0) is 6.92 Å². The number of nitriles is 1. The van der Waals surface area contributed by atoms with Crippen molar-refractivity contribution in [3.63, 3.8) is 0 Å². The van der Waals surface area contributed by atoms with Gasteiger partial charge in [0.15, 0.2) is 0 Å². The monoisotopic (exact) mass is 167 g/mol. The molecule has 0 saturated carbocycles. The normalized spacial score (nSPS) is 20.2. The molecule has 1 rings (SSSR count). The topological polar surface area (TPSA) is 42.2 Å². The summed E-state index contributed by atoms with van der Waals surface area (Å²) in [7, 11) is 0. The maximum atomic E-state index is 8.34.